The molecule has 1 atom stereocenters. The molecule has 0 fully saturated rings. The number of nitrogens with zero attached hydrogens (tertiary/aromatic N) is 1. The van der Waals surface area contributed by atoms with Crippen molar-refractivity contribution in [3.63, 3.8) is 0 Å². The molecule has 2 rings (SSSR count). The molecule has 0 radical (unpaired) electrons. The number of hydrogen-bond donors (Lipinski definition) is 1. The van der Waals surface area contributed by atoms with Gasteiger partial charge in [-0.2, -0.15) is 0 Å². The minimum Gasteiger partial charge on any atom is -0.301 e. The van der Waals surface area contributed by atoms with E-state index in [2.05, 4.69) is 4.72 Å². The number of non-ortho nitro benzene ring substituents is 1. The first-order chi connectivity index (χ1) is 9.06. The van der Waals surface area contributed by atoms with Crippen LogP contribution in [0.2, 0.25) is 0 Å². The van der Waals surface area contributed by atoms with Crippen LogP contribution in [0.25, 0.3) is 0 Å². The predicted octanol–water partition coefficient (Wildman–Crippen LogP) is 2.87. The second-order valence-electron chi connectivity index (χ2n) is 3.63. The van der Waals surface area contributed by atoms with Gasteiger partial charge in [0.2, 0.25) is 0 Å². The van der Waals surface area contributed by atoms with E-state index in [1.165, 1.54) is 42.5 Å². The molecular weight excluding hydrogens is 271 g/mol. The molecule has 0 aliphatic rings. The molecule has 0 heterocycles. The Kier molecular flexibility index (Phi) is 3.86. The summed E-state index contributed by atoms with van der Waals surface area (Å²) in [5.74, 6) is -0.439. The maximum atomic E-state index is 12.9. The molecular formula is C12H9FN2O3S. The lowest BCUT2D eigenvalue weighted by Gasteiger charge is -2.05. The van der Waals surface area contributed by atoms with Gasteiger partial charge in [0.1, 0.15) is 16.8 Å². The van der Waals surface area contributed by atoms with Crippen LogP contribution in [-0.4, -0.2) is 9.13 Å². The Morgan fingerprint density at radius 1 is 1.16 bits per heavy atom. The molecule has 1 N–H and O–H groups in total. The van der Waals surface area contributed by atoms with Gasteiger partial charge in [-0.15, -0.1) is 0 Å². The van der Waals surface area contributed by atoms with Gasteiger partial charge in [-0.05, 0) is 30.3 Å². The standard InChI is InChI=1S/C12H9FN2O3S/c13-9-2-1-3-10(8-9)14-19(18)12-6-4-11(5-7-12)15(16)17/h1-8,14H. The van der Waals surface area contributed by atoms with Crippen LogP contribution >= 0.6 is 0 Å². The summed E-state index contributed by atoms with van der Waals surface area (Å²) >= 11 is 0. The highest BCUT2D eigenvalue weighted by Crippen LogP contribution is 2.17. The van der Waals surface area contributed by atoms with Crippen molar-refractivity contribution in [2.24, 2.45) is 0 Å². The van der Waals surface area contributed by atoms with Gasteiger partial charge in [0, 0.05) is 17.8 Å². The summed E-state index contributed by atoms with van der Waals surface area (Å²) in [6.45, 7) is 0. The SMILES string of the molecule is O=[N+]([O-])c1ccc(S(=O)Nc2cccc(F)c2)cc1. The quantitative estimate of drug-likeness (QED) is 0.691. The average Bonchev–Trinajstić information content (AvgIpc) is 2.39. The fourth-order valence-electron chi connectivity index (χ4n) is 1.41. The lowest BCUT2D eigenvalue weighted by atomic mass is 10.3. The smallest absolute Gasteiger partial charge is 0.269 e. The first-order valence-corrected chi connectivity index (χ1v) is 6.40. The van der Waals surface area contributed by atoms with E-state index >= 15 is 0 Å². The molecule has 0 aliphatic carbocycles. The number of halogens is 1. The Labute approximate surface area is 110 Å². The van der Waals surface area contributed by atoms with E-state index in [4.69, 9.17) is 0 Å². The first kappa shape index (κ1) is 13.2. The Morgan fingerprint density at radius 2 is 1.84 bits per heavy atom. The zero-order valence-corrected chi connectivity index (χ0v) is 10.4. The summed E-state index contributed by atoms with van der Waals surface area (Å²) in [6.07, 6.45) is 0. The van der Waals surface area contributed by atoms with Crippen LogP contribution < -0.4 is 4.72 Å². The van der Waals surface area contributed by atoms with Crippen molar-refractivity contribution in [1.29, 1.82) is 0 Å². The van der Waals surface area contributed by atoms with Crippen molar-refractivity contribution < 1.29 is 13.5 Å². The number of anilines is 1. The van der Waals surface area contributed by atoms with E-state index in [0.717, 1.165) is 0 Å². The summed E-state index contributed by atoms with van der Waals surface area (Å²) in [4.78, 5) is 10.3. The maximum absolute atomic E-state index is 12.9. The van der Waals surface area contributed by atoms with Gasteiger partial charge in [0.25, 0.3) is 5.69 Å². The molecule has 0 spiro atoms. The second kappa shape index (κ2) is 5.57. The highest BCUT2D eigenvalue weighted by molar-refractivity contribution is 7.86. The van der Waals surface area contributed by atoms with Crippen LogP contribution in [0.1, 0.15) is 0 Å². The van der Waals surface area contributed by atoms with Crippen LogP contribution in [0, 0.1) is 15.9 Å². The minimum atomic E-state index is -1.60. The summed E-state index contributed by atoms with van der Waals surface area (Å²) in [5, 5.41) is 10.5. The van der Waals surface area contributed by atoms with Gasteiger partial charge in [-0.3, -0.25) is 10.1 Å². The fraction of sp³-hybridized carbons (Fsp3) is 0. The first-order valence-electron chi connectivity index (χ1n) is 5.25. The topological polar surface area (TPSA) is 72.2 Å². The molecule has 0 aliphatic heterocycles. The Bertz CT molecular complexity index is 631. The third-order valence-corrected chi connectivity index (χ3v) is 3.42. The van der Waals surface area contributed by atoms with E-state index in [0.29, 0.717) is 10.6 Å². The molecule has 2 aromatic rings. The van der Waals surface area contributed by atoms with Crippen LogP contribution in [0.5, 0.6) is 0 Å². The summed E-state index contributed by atoms with van der Waals surface area (Å²) in [6, 6.07) is 10.9. The molecule has 0 saturated heterocycles. The number of rotatable bonds is 4. The Balaban J connectivity index is 2.14. The molecule has 0 amide bonds. The molecule has 1 unspecified atom stereocenters. The van der Waals surface area contributed by atoms with E-state index in [1.54, 1.807) is 6.07 Å². The second-order valence-corrected chi connectivity index (χ2v) is 4.85. The number of nitro groups is 1. The lowest BCUT2D eigenvalue weighted by molar-refractivity contribution is -0.384. The van der Waals surface area contributed by atoms with Gasteiger partial charge < -0.3 is 4.72 Å². The predicted molar refractivity (Wildman–Crippen MR) is 69.5 cm³/mol. The monoisotopic (exact) mass is 280 g/mol. The maximum Gasteiger partial charge on any atom is 0.269 e. The molecule has 19 heavy (non-hydrogen) atoms. The van der Waals surface area contributed by atoms with Crippen LogP contribution in [0.3, 0.4) is 0 Å². The molecule has 0 bridgehead atoms. The molecule has 0 aromatic heterocycles. The van der Waals surface area contributed by atoms with Crippen molar-refractivity contribution >= 4 is 22.4 Å². The fourth-order valence-corrected chi connectivity index (χ4v) is 2.25. The van der Waals surface area contributed by atoms with Crippen molar-refractivity contribution in [2.75, 3.05) is 4.72 Å². The van der Waals surface area contributed by atoms with Gasteiger partial charge in [-0.25, -0.2) is 8.60 Å². The molecule has 5 nitrogen and oxygen atoms in total. The average molecular weight is 280 g/mol. The Hall–Kier alpha value is -2.28. The summed E-state index contributed by atoms with van der Waals surface area (Å²) < 4.78 is 27.5. The third-order valence-electron chi connectivity index (χ3n) is 2.30. The number of nitro benzene ring substituents is 1. The van der Waals surface area contributed by atoms with Crippen LogP contribution in [-0.2, 0) is 11.0 Å². The largest absolute Gasteiger partial charge is 0.301 e. The molecule has 7 heteroatoms. The highest BCUT2D eigenvalue weighted by Gasteiger charge is 2.08. The summed E-state index contributed by atoms with van der Waals surface area (Å²) in [5.41, 5.74) is 0.295. The van der Waals surface area contributed by atoms with Crippen molar-refractivity contribution in [1.82, 2.24) is 0 Å². The number of nitrogens with one attached hydrogen (secondary N) is 1. The van der Waals surface area contributed by atoms with Crippen molar-refractivity contribution in [2.45, 2.75) is 4.90 Å². The number of hydrogen-bond acceptors (Lipinski definition) is 3. The van der Waals surface area contributed by atoms with Gasteiger partial charge >= 0.3 is 0 Å². The van der Waals surface area contributed by atoms with E-state index < -0.39 is 21.7 Å². The van der Waals surface area contributed by atoms with Crippen LogP contribution in [0.4, 0.5) is 15.8 Å². The van der Waals surface area contributed by atoms with Crippen molar-refractivity contribution in [3.8, 4) is 0 Å². The minimum absolute atomic E-state index is 0.0773. The van der Waals surface area contributed by atoms with Gasteiger partial charge in [-0.1, -0.05) is 6.07 Å². The molecule has 98 valence electrons. The summed E-state index contributed by atoms with van der Waals surface area (Å²) in [7, 11) is -1.60. The van der Waals surface area contributed by atoms with E-state index in [-0.39, 0.29) is 5.69 Å². The Morgan fingerprint density at radius 3 is 2.42 bits per heavy atom. The van der Waals surface area contributed by atoms with Gasteiger partial charge in [0.15, 0.2) is 0 Å². The molecule has 2 aromatic carbocycles. The normalized spacial score (nSPS) is 11.8. The zero-order chi connectivity index (χ0) is 13.8. The van der Waals surface area contributed by atoms with Crippen molar-refractivity contribution in [3.05, 3.63) is 64.5 Å². The molecule has 0 saturated carbocycles. The van der Waals surface area contributed by atoms with Gasteiger partial charge in [0.05, 0.1) is 9.82 Å². The number of benzene rings is 2. The zero-order valence-electron chi connectivity index (χ0n) is 9.58. The van der Waals surface area contributed by atoms with Crippen LogP contribution in [0.15, 0.2) is 53.4 Å². The van der Waals surface area contributed by atoms with E-state index in [9.17, 15) is 18.7 Å². The third kappa shape index (κ3) is 3.35. The highest BCUT2D eigenvalue weighted by atomic mass is 32.2. The lowest BCUT2D eigenvalue weighted by Crippen LogP contribution is -2.04. The van der Waals surface area contributed by atoms with E-state index in [1.807, 2.05) is 0 Å².